The monoisotopic (exact) mass is 642 g/mol. The van der Waals surface area contributed by atoms with Crippen molar-refractivity contribution in [2.24, 2.45) is 14.1 Å². The number of hydrogen-bond acceptors (Lipinski definition) is 12. The van der Waals surface area contributed by atoms with E-state index >= 15 is 0 Å². The normalized spacial score (nSPS) is 8.74. The molecule has 0 spiro atoms. The molecule has 0 atom stereocenters. The zero-order valence-corrected chi connectivity index (χ0v) is 30.0. The van der Waals surface area contributed by atoms with Crippen LogP contribution in [-0.2, 0) is 33.3 Å². The van der Waals surface area contributed by atoms with E-state index in [1.54, 1.807) is 30.3 Å². The van der Waals surface area contributed by atoms with Crippen LogP contribution in [0.5, 0.6) is 0 Å². The van der Waals surface area contributed by atoms with Crippen LogP contribution < -0.4 is 0 Å². The first-order valence-electron chi connectivity index (χ1n) is 15.1. The number of pyridine rings is 1. The molecule has 46 heavy (non-hydrogen) atoms. The molecule has 14 nitrogen and oxygen atoms in total. The van der Waals surface area contributed by atoms with E-state index in [0.29, 0.717) is 23.7 Å². The Balaban J connectivity index is -0.000000233. The van der Waals surface area contributed by atoms with Crippen LogP contribution in [0, 0.1) is 0 Å². The van der Waals surface area contributed by atoms with Crippen molar-refractivity contribution in [3.8, 4) is 0 Å². The molecular formula is C32H54N10O4. The average molecular weight is 643 g/mol. The van der Waals surface area contributed by atoms with Gasteiger partial charge in [0.1, 0.15) is 5.82 Å². The van der Waals surface area contributed by atoms with Crippen molar-refractivity contribution >= 4 is 12.3 Å². The second-order valence-corrected chi connectivity index (χ2v) is 9.63. The standard InChI is InChI=1S/C8H11N.C7H10N2.C6H11N3.C5H10N4.2C2H6.2CO2/c1-7(2)8-4-3-5-9-6-8;1-6(2)7-8-4-3-5-9-7;1-5(2)6-4-9(3)8-7-6;1-4(2)5-6-8-9(3)7-5;2*1-2;2*2-1-3/h3-7H,1-2H3;3-6H,1-2H3;4-5H,1-3H3;4H,1-3H3;2*1-2H3;;. The fraction of sp³-hybridized carbons (Fsp3) is 0.562. The van der Waals surface area contributed by atoms with Crippen LogP contribution >= 0.6 is 0 Å². The maximum atomic E-state index is 8.12. The SMILES string of the molecule is CC.CC.CC(C)c1cccnc1.CC(C)c1cn(C)nn1.CC(C)c1ncccn1.CC(C)c1nnn(C)n1.O=C=O.O=C=O. The Kier molecular flexibility index (Phi) is 34.6. The summed E-state index contributed by atoms with van der Waals surface area (Å²) in [5.74, 6) is 3.61. The van der Waals surface area contributed by atoms with Gasteiger partial charge in [0.15, 0.2) is 5.82 Å². The molecular weight excluding hydrogens is 588 g/mol. The van der Waals surface area contributed by atoms with Gasteiger partial charge in [0.2, 0.25) is 0 Å². The van der Waals surface area contributed by atoms with E-state index in [1.165, 1.54) is 10.4 Å². The Morgan fingerprint density at radius 2 is 1.13 bits per heavy atom. The quantitative estimate of drug-likeness (QED) is 0.255. The second kappa shape index (κ2) is 33.1. The number of hydrogen-bond donors (Lipinski definition) is 0. The smallest absolute Gasteiger partial charge is 0.264 e. The molecule has 0 bridgehead atoms. The van der Waals surface area contributed by atoms with Gasteiger partial charge in [0.25, 0.3) is 0 Å². The molecule has 0 N–H and O–H groups in total. The number of aryl methyl sites for hydroxylation is 2. The Morgan fingerprint density at radius 3 is 1.35 bits per heavy atom. The summed E-state index contributed by atoms with van der Waals surface area (Å²) in [7, 11) is 3.64. The van der Waals surface area contributed by atoms with Gasteiger partial charge in [0, 0.05) is 49.9 Å². The van der Waals surface area contributed by atoms with Gasteiger partial charge in [-0.15, -0.1) is 15.3 Å². The van der Waals surface area contributed by atoms with Crippen molar-refractivity contribution in [2.45, 2.75) is 107 Å². The van der Waals surface area contributed by atoms with Crippen molar-refractivity contribution in [1.29, 1.82) is 0 Å². The summed E-state index contributed by atoms with van der Waals surface area (Å²) in [6.07, 6.45) is 9.67. The molecule has 0 aliphatic rings. The van der Waals surface area contributed by atoms with Crippen LogP contribution in [-0.4, -0.2) is 62.5 Å². The molecule has 0 aromatic carbocycles. The van der Waals surface area contributed by atoms with Crippen LogP contribution in [0.1, 0.15) is 130 Å². The first kappa shape index (κ1) is 48.1. The highest BCUT2D eigenvalue weighted by Gasteiger charge is 2.03. The van der Waals surface area contributed by atoms with Crippen LogP contribution in [0.15, 0.2) is 49.2 Å². The predicted octanol–water partition coefficient (Wildman–Crippen LogP) is 5.96. The molecule has 0 aliphatic carbocycles. The van der Waals surface area contributed by atoms with Gasteiger partial charge in [-0.2, -0.15) is 24.0 Å². The fourth-order valence-electron chi connectivity index (χ4n) is 2.49. The van der Waals surface area contributed by atoms with Gasteiger partial charge in [-0.05, 0) is 34.7 Å². The van der Waals surface area contributed by atoms with Crippen molar-refractivity contribution in [3.05, 3.63) is 72.1 Å². The summed E-state index contributed by atoms with van der Waals surface area (Å²) in [6.45, 7) is 24.8. The van der Waals surface area contributed by atoms with Crippen molar-refractivity contribution < 1.29 is 19.2 Å². The Hall–Kier alpha value is -4.80. The molecule has 256 valence electrons. The fourth-order valence-corrected chi connectivity index (χ4v) is 2.49. The minimum absolute atomic E-state index is 0.250. The Morgan fingerprint density at radius 1 is 0.630 bits per heavy atom. The Bertz CT molecular complexity index is 1160. The van der Waals surface area contributed by atoms with Crippen molar-refractivity contribution in [1.82, 2.24) is 50.2 Å². The van der Waals surface area contributed by atoms with Gasteiger partial charge < -0.3 is 0 Å². The van der Waals surface area contributed by atoms with Gasteiger partial charge in [-0.3, -0.25) is 9.67 Å². The average Bonchev–Trinajstić information content (AvgIpc) is 3.70. The van der Waals surface area contributed by atoms with E-state index in [4.69, 9.17) is 19.2 Å². The minimum atomic E-state index is 0.250. The number of aromatic nitrogens is 10. The number of tetrazole rings is 1. The maximum Gasteiger partial charge on any atom is 0.373 e. The van der Waals surface area contributed by atoms with Gasteiger partial charge >= 0.3 is 12.3 Å². The third-order valence-electron chi connectivity index (χ3n) is 4.71. The first-order chi connectivity index (χ1) is 21.8. The number of nitrogens with zero attached hydrogens (tertiary/aromatic N) is 10. The van der Waals surface area contributed by atoms with E-state index in [2.05, 4.69) is 88.3 Å². The highest BCUT2D eigenvalue weighted by atomic mass is 16.2. The summed E-state index contributed by atoms with van der Waals surface area (Å²) in [5.41, 5.74) is 2.36. The molecule has 0 unspecified atom stereocenters. The van der Waals surface area contributed by atoms with Crippen molar-refractivity contribution in [2.75, 3.05) is 0 Å². The van der Waals surface area contributed by atoms with Crippen LogP contribution in [0.3, 0.4) is 0 Å². The Labute approximate surface area is 274 Å². The lowest BCUT2D eigenvalue weighted by Gasteiger charge is -2.00. The zero-order chi connectivity index (χ0) is 36.5. The minimum Gasteiger partial charge on any atom is -0.264 e. The van der Waals surface area contributed by atoms with E-state index in [-0.39, 0.29) is 12.3 Å². The van der Waals surface area contributed by atoms with Crippen molar-refractivity contribution in [3.63, 3.8) is 0 Å². The zero-order valence-electron chi connectivity index (χ0n) is 30.0. The van der Waals surface area contributed by atoms with Gasteiger partial charge in [-0.25, -0.2) is 9.97 Å². The predicted molar refractivity (Wildman–Crippen MR) is 175 cm³/mol. The molecule has 4 aromatic rings. The molecule has 0 aliphatic heterocycles. The van der Waals surface area contributed by atoms with E-state index in [1.807, 2.05) is 73.1 Å². The van der Waals surface area contributed by atoms with Crippen LogP contribution in [0.4, 0.5) is 0 Å². The second-order valence-electron chi connectivity index (χ2n) is 9.63. The third-order valence-corrected chi connectivity index (χ3v) is 4.71. The topological polar surface area (TPSA) is 181 Å². The van der Waals surface area contributed by atoms with E-state index in [9.17, 15) is 0 Å². The molecule has 0 saturated carbocycles. The number of carbonyl (C=O) groups excluding carboxylic acids is 4. The summed E-state index contributed by atoms with van der Waals surface area (Å²) < 4.78 is 1.72. The highest BCUT2D eigenvalue weighted by Crippen LogP contribution is 2.10. The molecule has 14 heteroatoms. The van der Waals surface area contributed by atoms with Gasteiger partial charge in [0.05, 0.1) is 12.7 Å². The first-order valence-corrected chi connectivity index (χ1v) is 15.1. The lowest BCUT2D eigenvalue weighted by molar-refractivity contribution is -0.193. The summed E-state index contributed by atoms with van der Waals surface area (Å²) >= 11 is 0. The van der Waals surface area contributed by atoms with Crippen LogP contribution in [0.2, 0.25) is 0 Å². The molecule has 4 rings (SSSR count). The van der Waals surface area contributed by atoms with E-state index < -0.39 is 0 Å². The molecule has 4 aromatic heterocycles. The van der Waals surface area contributed by atoms with Gasteiger partial charge in [-0.1, -0.05) is 94.4 Å². The molecule has 0 fully saturated rings. The maximum absolute atomic E-state index is 8.12. The largest absolute Gasteiger partial charge is 0.373 e. The summed E-state index contributed by atoms with van der Waals surface area (Å²) in [5, 5.41) is 19.2. The lowest BCUT2D eigenvalue weighted by Crippen LogP contribution is -1.94. The van der Waals surface area contributed by atoms with E-state index in [0.717, 1.165) is 17.3 Å². The summed E-state index contributed by atoms with van der Waals surface area (Å²) in [4.78, 5) is 46.1. The number of rotatable bonds is 4. The molecule has 0 radical (unpaired) electrons. The third kappa shape index (κ3) is 28.0. The summed E-state index contributed by atoms with van der Waals surface area (Å²) in [6, 6.07) is 5.89. The molecule has 0 amide bonds. The highest BCUT2D eigenvalue weighted by molar-refractivity contribution is 5.20. The lowest BCUT2D eigenvalue weighted by atomic mass is 10.1. The van der Waals surface area contributed by atoms with Crippen LogP contribution in [0.25, 0.3) is 0 Å². The molecule has 0 saturated heterocycles. The molecule has 4 heterocycles.